The lowest BCUT2D eigenvalue weighted by atomic mass is 9.87. The van der Waals surface area contributed by atoms with Crippen LogP contribution in [0, 0.1) is 5.92 Å². The van der Waals surface area contributed by atoms with E-state index in [2.05, 4.69) is 22.9 Å². The van der Waals surface area contributed by atoms with Crippen LogP contribution in [0.15, 0.2) is 0 Å². The number of carbonyl (C=O) groups excluding carboxylic acids is 2. The smallest absolute Gasteiger partial charge is 0.239 e. The third kappa shape index (κ3) is 6.53. The van der Waals surface area contributed by atoms with Crippen LogP contribution in [0.25, 0.3) is 0 Å². The second kappa shape index (κ2) is 10.1. The topological polar surface area (TPSA) is 70.2 Å². The average Bonchev–Trinajstić information content (AvgIpc) is 2.49. The van der Waals surface area contributed by atoms with Crippen LogP contribution < -0.4 is 16.0 Å². The van der Waals surface area contributed by atoms with Gasteiger partial charge in [0.25, 0.3) is 0 Å². The van der Waals surface area contributed by atoms with E-state index in [-0.39, 0.29) is 36.8 Å². The van der Waals surface area contributed by atoms with Crippen molar-refractivity contribution in [2.75, 3.05) is 13.1 Å². The zero-order valence-electron chi connectivity index (χ0n) is 13.5. The highest BCUT2D eigenvalue weighted by atomic mass is 35.5. The van der Waals surface area contributed by atoms with Gasteiger partial charge in [0.1, 0.15) is 0 Å². The highest BCUT2D eigenvalue weighted by Crippen LogP contribution is 2.25. The zero-order valence-corrected chi connectivity index (χ0v) is 14.3. The number of hydrogen-bond donors (Lipinski definition) is 3. The molecule has 0 spiro atoms. The molecule has 0 aromatic heterocycles. The third-order valence-electron chi connectivity index (χ3n) is 4.75. The SMILES string of the molecule is CC1NCCCC1NC(=O)CNC(=O)CC1CCCCC1.Cl. The molecule has 3 N–H and O–H groups in total. The summed E-state index contributed by atoms with van der Waals surface area (Å²) in [6.07, 6.45) is 8.77. The van der Waals surface area contributed by atoms with E-state index < -0.39 is 0 Å². The molecular weight excluding hydrogens is 302 g/mol. The molecule has 6 heteroatoms. The number of hydrogen-bond acceptors (Lipinski definition) is 3. The van der Waals surface area contributed by atoms with Gasteiger partial charge in [0, 0.05) is 18.5 Å². The molecule has 2 aliphatic rings. The van der Waals surface area contributed by atoms with Gasteiger partial charge in [-0.05, 0) is 45.1 Å². The summed E-state index contributed by atoms with van der Waals surface area (Å²) in [7, 11) is 0. The number of amides is 2. The Morgan fingerprint density at radius 3 is 2.45 bits per heavy atom. The second-order valence-corrected chi connectivity index (χ2v) is 6.54. The lowest BCUT2D eigenvalue weighted by molar-refractivity contribution is -0.127. The molecule has 2 fully saturated rings. The summed E-state index contributed by atoms with van der Waals surface area (Å²) in [5.74, 6) is 0.462. The highest BCUT2D eigenvalue weighted by Gasteiger charge is 2.22. The molecule has 1 saturated carbocycles. The molecule has 22 heavy (non-hydrogen) atoms. The van der Waals surface area contributed by atoms with Gasteiger partial charge >= 0.3 is 0 Å². The molecular formula is C16H30ClN3O2. The standard InChI is InChI=1S/C16H29N3O2.ClH/c1-12-14(8-5-9-17-12)19-16(21)11-18-15(20)10-13-6-3-2-4-7-13;/h12-14,17H,2-11H2,1H3,(H,18,20)(H,19,21);1H. The van der Waals surface area contributed by atoms with Crippen LogP contribution in [0.3, 0.4) is 0 Å². The van der Waals surface area contributed by atoms with Gasteiger partial charge in [-0.3, -0.25) is 9.59 Å². The molecule has 0 radical (unpaired) electrons. The first-order valence-electron chi connectivity index (χ1n) is 8.44. The summed E-state index contributed by atoms with van der Waals surface area (Å²) in [5, 5.41) is 9.13. The van der Waals surface area contributed by atoms with Gasteiger partial charge in [-0.2, -0.15) is 0 Å². The van der Waals surface area contributed by atoms with E-state index in [9.17, 15) is 9.59 Å². The number of halogens is 1. The van der Waals surface area contributed by atoms with E-state index in [0.717, 1.165) is 32.2 Å². The molecule has 1 saturated heterocycles. The first kappa shape index (κ1) is 19.2. The van der Waals surface area contributed by atoms with Gasteiger partial charge in [-0.25, -0.2) is 0 Å². The van der Waals surface area contributed by atoms with Crippen LogP contribution in [0.5, 0.6) is 0 Å². The molecule has 0 bridgehead atoms. The van der Waals surface area contributed by atoms with Crippen molar-refractivity contribution < 1.29 is 9.59 Å². The fourth-order valence-corrected chi connectivity index (χ4v) is 3.40. The molecule has 1 heterocycles. The van der Waals surface area contributed by atoms with Crippen LogP contribution in [-0.4, -0.2) is 37.0 Å². The van der Waals surface area contributed by atoms with Crippen molar-refractivity contribution in [1.82, 2.24) is 16.0 Å². The maximum Gasteiger partial charge on any atom is 0.239 e. The number of carbonyl (C=O) groups is 2. The van der Waals surface area contributed by atoms with Crippen molar-refractivity contribution in [1.29, 1.82) is 0 Å². The molecule has 0 aromatic rings. The number of rotatable bonds is 5. The van der Waals surface area contributed by atoms with Gasteiger partial charge in [0.2, 0.25) is 11.8 Å². The Labute approximate surface area is 139 Å². The van der Waals surface area contributed by atoms with Gasteiger partial charge in [-0.1, -0.05) is 19.3 Å². The Bertz CT molecular complexity index is 359. The van der Waals surface area contributed by atoms with Crippen molar-refractivity contribution in [2.45, 2.75) is 70.4 Å². The fourth-order valence-electron chi connectivity index (χ4n) is 3.40. The lowest BCUT2D eigenvalue weighted by Gasteiger charge is -2.30. The molecule has 1 aliphatic heterocycles. The minimum atomic E-state index is -0.0763. The zero-order chi connectivity index (χ0) is 15.1. The highest BCUT2D eigenvalue weighted by molar-refractivity contribution is 5.85. The van der Waals surface area contributed by atoms with Gasteiger partial charge < -0.3 is 16.0 Å². The Morgan fingerprint density at radius 2 is 1.77 bits per heavy atom. The molecule has 0 aromatic carbocycles. The van der Waals surface area contributed by atoms with Gasteiger partial charge in [-0.15, -0.1) is 12.4 Å². The first-order chi connectivity index (χ1) is 10.1. The van der Waals surface area contributed by atoms with Crippen LogP contribution >= 0.6 is 12.4 Å². The third-order valence-corrected chi connectivity index (χ3v) is 4.75. The maximum absolute atomic E-state index is 11.9. The van der Waals surface area contributed by atoms with Crippen molar-refractivity contribution in [2.24, 2.45) is 5.92 Å². The Hall–Kier alpha value is -0.810. The van der Waals surface area contributed by atoms with Crippen molar-refractivity contribution in [3.63, 3.8) is 0 Å². The van der Waals surface area contributed by atoms with Crippen LogP contribution in [0.4, 0.5) is 0 Å². The Balaban J connectivity index is 0.00000242. The largest absolute Gasteiger partial charge is 0.350 e. The predicted molar refractivity (Wildman–Crippen MR) is 90.1 cm³/mol. The van der Waals surface area contributed by atoms with E-state index in [4.69, 9.17) is 0 Å². The Morgan fingerprint density at radius 1 is 1.05 bits per heavy atom. The van der Waals surface area contributed by atoms with Crippen molar-refractivity contribution in [3.8, 4) is 0 Å². The molecule has 5 nitrogen and oxygen atoms in total. The quantitative estimate of drug-likeness (QED) is 0.719. The minimum absolute atomic E-state index is 0. The number of piperidine rings is 1. The predicted octanol–water partition coefficient (Wildman–Crippen LogP) is 1.75. The maximum atomic E-state index is 11.9. The molecule has 2 rings (SSSR count). The van der Waals surface area contributed by atoms with Gasteiger partial charge in [0.05, 0.1) is 6.54 Å². The first-order valence-corrected chi connectivity index (χ1v) is 8.44. The molecule has 2 atom stereocenters. The molecule has 2 amide bonds. The average molecular weight is 332 g/mol. The minimum Gasteiger partial charge on any atom is -0.350 e. The number of nitrogens with one attached hydrogen (secondary N) is 3. The molecule has 1 aliphatic carbocycles. The van der Waals surface area contributed by atoms with Crippen LogP contribution in [0.1, 0.15) is 58.3 Å². The summed E-state index contributed by atoms with van der Waals surface area (Å²) in [6.45, 7) is 3.21. The van der Waals surface area contributed by atoms with Crippen LogP contribution in [-0.2, 0) is 9.59 Å². The summed E-state index contributed by atoms with van der Waals surface area (Å²) >= 11 is 0. The van der Waals surface area contributed by atoms with E-state index >= 15 is 0 Å². The monoisotopic (exact) mass is 331 g/mol. The van der Waals surface area contributed by atoms with Crippen molar-refractivity contribution >= 4 is 24.2 Å². The van der Waals surface area contributed by atoms with E-state index in [1.807, 2.05) is 0 Å². The lowest BCUT2D eigenvalue weighted by Crippen LogP contribution is -2.53. The van der Waals surface area contributed by atoms with E-state index in [0.29, 0.717) is 18.4 Å². The fraction of sp³-hybridized carbons (Fsp3) is 0.875. The summed E-state index contributed by atoms with van der Waals surface area (Å²) in [4.78, 5) is 23.8. The summed E-state index contributed by atoms with van der Waals surface area (Å²) < 4.78 is 0. The van der Waals surface area contributed by atoms with Crippen LogP contribution in [0.2, 0.25) is 0 Å². The van der Waals surface area contributed by atoms with E-state index in [1.54, 1.807) is 0 Å². The van der Waals surface area contributed by atoms with E-state index in [1.165, 1.54) is 19.3 Å². The normalized spacial score (nSPS) is 25.9. The summed E-state index contributed by atoms with van der Waals surface area (Å²) in [6, 6.07) is 0.488. The summed E-state index contributed by atoms with van der Waals surface area (Å²) in [5.41, 5.74) is 0. The van der Waals surface area contributed by atoms with Crippen molar-refractivity contribution in [3.05, 3.63) is 0 Å². The van der Waals surface area contributed by atoms with Gasteiger partial charge in [0.15, 0.2) is 0 Å². The Kier molecular flexibility index (Phi) is 8.79. The second-order valence-electron chi connectivity index (χ2n) is 6.54. The molecule has 2 unspecified atom stereocenters. The molecule has 128 valence electrons.